The minimum absolute atomic E-state index is 0.319. The molecule has 1 saturated heterocycles. The lowest BCUT2D eigenvalue weighted by molar-refractivity contribution is 0.225. The summed E-state index contributed by atoms with van der Waals surface area (Å²) in [7, 11) is -3.05. The molecule has 112 valence electrons. The second-order valence-electron chi connectivity index (χ2n) is 6.94. The average Bonchev–Trinajstić information content (AvgIpc) is 2.94. The van der Waals surface area contributed by atoms with Crippen molar-refractivity contribution < 1.29 is 8.42 Å². The number of nitrogens with one attached hydrogen (secondary N) is 1. The molecule has 5 nitrogen and oxygen atoms in total. The van der Waals surface area contributed by atoms with Gasteiger partial charge in [0.05, 0.1) is 6.26 Å². The molecule has 1 aliphatic carbocycles. The van der Waals surface area contributed by atoms with Gasteiger partial charge < -0.3 is 0 Å². The smallest absolute Gasteiger partial charge is 0.211 e. The van der Waals surface area contributed by atoms with Crippen LogP contribution in [0.3, 0.4) is 0 Å². The molecule has 0 bridgehead atoms. The van der Waals surface area contributed by atoms with Crippen LogP contribution in [-0.4, -0.2) is 38.1 Å². The van der Waals surface area contributed by atoms with E-state index < -0.39 is 10.0 Å². The van der Waals surface area contributed by atoms with E-state index in [2.05, 4.69) is 19.3 Å². The maximum Gasteiger partial charge on any atom is 0.211 e. The van der Waals surface area contributed by atoms with Crippen LogP contribution in [0.25, 0.3) is 0 Å². The molecule has 1 saturated carbocycles. The number of rotatable bonds is 5. The molecule has 0 spiro atoms. The number of nitrogens with zero attached hydrogens (tertiary/aromatic N) is 1. The van der Waals surface area contributed by atoms with E-state index in [1.807, 2.05) is 0 Å². The van der Waals surface area contributed by atoms with Crippen LogP contribution >= 0.6 is 0 Å². The fraction of sp³-hybridized carbons (Fsp3) is 1.00. The Bertz CT molecular complexity index is 422. The third-order valence-electron chi connectivity index (χ3n) is 4.83. The Morgan fingerprint density at radius 1 is 1.47 bits per heavy atom. The Balaban J connectivity index is 1.91. The van der Waals surface area contributed by atoms with E-state index in [9.17, 15) is 8.42 Å². The van der Waals surface area contributed by atoms with Gasteiger partial charge in [0.2, 0.25) is 10.0 Å². The first-order valence-corrected chi connectivity index (χ1v) is 9.00. The maximum atomic E-state index is 11.6. The molecule has 6 heteroatoms. The molecule has 2 aliphatic rings. The second-order valence-corrected chi connectivity index (χ2v) is 8.92. The molecule has 2 fully saturated rings. The summed E-state index contributed by atoms with van der Waals surface area (Å²) in [6.07, 6.45) is 5.57. The van der Waals surface area contributed by atoms with E-state index in [-0.39, 0.29) is 0 Å². The Kier molecular flexibility index (Phi) is 4.26. The summed E-state index contributed by atoms with van der Waals surface area (Å²) in [5, 5.41) is 0. The van der Waals surface area contributed by atoms with Crippen LogP contribution in [0.1, 0.15) is 39.5 Å². The summed E-state index contributed by atoms with van der Waals surface area (Å²) >= 11 is 0. The standard InChI is InChI=1S/C13H27N3O2S/c1-13(2)8-11(13)12(15-14)7-10-5-4-6-16(9-10)19(3,17)18/h10-12,15H,4-9,14H2,1-3H3. The zero-order valence-corrected chi connectivity index (χ0v) is 13.0. The van der Waals surface area contributed by atoms with Gasteiger partial charge in [-0.25, -0.2) is 12.7 Å². The van der Waals surface area contributed by atoms with Crippen LogP contribution in [0.5, 0.6) is 0 Å². The Hall–Kier alpha value is -0.170. The first-order valence-electron chi connectivity index (χ1n) is 7.15. The molecule has 3 N–H and O–H groups in total. The normalized spacial score (nSPS) is 33.1. The summed E-state index contributed by atoms with van der Waals surface area (Å²) in [5.41, 5.74) is 3.34. The predicted molar refractivity (Wildman–Crippen MR) is 76.8 cm³/mol. The highest BCUT2D eigenvalue weighted by Crippen LogP contribution is 2.54. The molecule has 0 aromatic carbocycles. The van der Waals surface area contributed by atoms with Gasteiger partial charge in [-0.05, 0) is 42.9 Å². The first kappa shape index (κ1) is 15.2. The molecule has 3 unspecified atom stereocenters. The van der Waals surface area contributed by atoms with Crippen molar-refractivity contribution >= 4 is 10.0 Å². The van der Waals surface area contributed by atoms with E-state index >= 15 is 0 Å². The molecule has 0 amide bonds. The van der Waals surface area contributed by atoms with E-state index in [1.165, 1.54) is 12.7 Å². The third kappa shape index (κ3) is 3.68. The van der Waals surface area contributed by atoms with Gasteiger partial charge in [0.1, 0.15) is 0 Å². The molecule has 19 heavy (non-hydrogen) atoms. The van der Waals surface area contributed by atoms with Crippen LogP contribution in [0.15, 0.2) is 0 Å². The Morgan fingerprint density at radius 3 is 2.58 bits per heavy atom. The zero-order chi connectivity index (χ0) is 14.3. The van der Waals surface area contributed by atoms with E-state index in [0.29, 0.717) is 36.4 Å². The summed E-state index contributed by atoms with van der Waals surface area (Å²) in [6, 6.07) is 0.319. The van der Waals surface area contributed by atoms with Gasteiger partial charge >= 0.3 is 0 Å². The Labute approximate surface area is 116 Å². The number of nitrogens with two attached hydrogens (primary N) is 1. The van der Waals surface area contributed by atoms with Gasteiger partial charge in [-0.1, -0.05) is 13.8 Å². The summed E-state index contributed by atoms with van der Waals surface area (Å²) in [4.78, 5) is 0. The number of piperidine rings is 1. The molecule has 0 aromatic rings. The SMILES string of the molecule is CC1(C)CC1C(CC1CCCN(S(C)(=O)=O)C1)NN. The van der Waals surface area contributed by atoms with Crippen molar-refractivity contribution in [1.29, 1.82) is 0 Å². The van der Waals surface area contributed by atoms with E-state index in [1.54, 1.807) is 4.31 Å². The number of hydrazine groups is 1. The Morgan fingerprint density at radius 2 is 2.11 bits per heavy atom. The van der Waals surface area contributed by atoms with Crippen LogP contribution in [-0.2, 0) is 10.0 Å². The van der Waals surface area contributed by atoms with Crippen LogP contribution in [0.4, 0.5) is 0 Å². The van der Waals surface area contributed by atoms with Gasteiger partial charge in [0.15, 0.2) is 0 Å². The van der Waals surface area contributed by atoms with E-state index in [4.69, 9.17) is 5.84 Å². The van der Waals surface area contributed by atoms with Gasteiger partial charge in [-0.3, -0.25) is 11.3 Å². The van der Waals surface area contributed by atoms with Crippen LogP contribution in [0, 0.1) is 17.3 Å². The molecule has 3 atom stereocenters. The molecule has 2 rings (SSSR count). The minimum Gasteiger partial charge on any atom is -0.271 e. The lowest BCUT2D eigenvalue weighted by atomic mass is 9.89. The highest BCUT2D eigenvalue weighted by Gasteiger charge is 2.50. The van der Waals surface area contributed by atoms with Crippen molar-refractivity contribution in [3.63, 3.8) is 0 Å². The number of hydrogen-bond donors (Lipinski definition) is 2. The van der Waals surface area contributed by atoms with Gasteiger partial charge in [0.25, 0.3) is 0 Å². The summed E-state index contributed by atoms with van der Waals surface area (Å²) in [6.45, 7) is 5.87. The van der Waals surface area contributed by atoms with Crippen LogP contribution in [0.2, 0.25) is 0 Å². The lowest BCUT2D eigenvalue weighted by Gasteiger charge is -2.33. The average molecular weight is 289 g/mol. The van der Waals surface area contributed by atoms with Gasteiger partial charge in [-0.15, -0.1) is 0 Å². The fourth-order valence-electron chi connectivity index (χ4n) is 3.42. The quantitative estimate of drug-likeness (QED) is 0.583. The minimum atomic E-state index is -3.05. The maximum absolute atomic E-state index is 11.6. The van der Waals surface area contributed by atoms with Crippen molar-refractivity contribution in [1.82, 2.24) is 9.73 Å². The molecule has 1 heterocycles. The molecular weight excluding hydrogens is 262 g/mol. The van der Waals surface area contributed by atoms with Crippen molar-refractivity contribution in [2.75, 3.05) is 19.3 Å². The monoisotopic (exact) mass is 289 g/mol. The first-order chi connectivity index (χ1) is 8.74. The lowest BCUT2D eigenvalue weighted by Crippen LogP contribution is -2.44. The van der Waals surface area contributed by atoms with E-state index in [0.717, 1.165) is 19.3 Å². The largest absolute Gasteiger partial charge is 0.271 e. The van der Waals surface area contributed by atoms with Crippen molar-refractivity contribution in [2.24, 2.45) is 23.1 Å². The van der Waals surface area contributed by atoms with Crippen molar-refractivity contribution in [2.45, 2.75) is 45.6 Å². The second kappa shape index (κ2) is 5.31. The van der Waals surface area contributed by atoms with Crippen molar-refractivity contribution in [3.8, 4) is 0 Å². The van der Waals surface area contributed by atoms with Gasteiger partial charge in [-0.2, -0.15) is 0 Å². The van der Waals surface area contributed by atoms with Crippen LogP contribution < -0.4 is 11.3 Å². The molecular formula is C13H27N3O2S. The third-order valence-corrected chi connectivity index (χ3v) is 6.10. The molecule has 1 aliphatic heterocycles. The summed E-state index contributed by atoms with van der Waals surface area (Å²) < 4.78 is 24.9. The predicted octanol–water partition coefficient (Wildman–Crippen LogP) is 0.926. The fourth-order valence-corrected chi connectivity index (χ4v) is 4.37. The summed E-state index contributed by atoms with van der Waals surface area (Å²) in [5.74, 6) is 6.75. The molecule has 0 radical (unpaired) electrons. The topological polar surface area (TPSA) is 75.4 Å². The highest BCUT2D eigenvalue weighted by atomic mass is 32.2. The molecule has 0 aromatic heterocycles. The van der Waals surface area contributed by atoms with Crippen molar-refractivity contribution in [3.05, 3.63) is 0 Å². The van der Waals surface area contributed by atoms with Gasteiger partial charge in [0, 0.05) is 19.1 Å². The number of sulfonamides is 1. The zero-order valence-electron chi connectivity index (χ0n) is 12.2. The highest BCUT2D eigenvalue weighted by molar-refractivity contribution is 7.88. The number of hydrogen-bond acceptors (Lipinski definition) is 4.